The molecule has 15 heavy (non-hydrogen) atoms. The van der Waals surface area contributed by atoms with Crippen LogP contribution in [0, 0.1) is 3.95 Å². The summed E-state index contributed by atoms with van der Waals surface area (Å²) in [5.74, 6) is 0. The van der Waals surface area contributed by atoms with Gasteiger partial charge in [0, 0.05) is 0 Å². The zero-order chi connectivity index (χ0) is 10.8. The number of H-pyrrole nitrogens is 1. The molecule has 0 aliphatic rings. The molecule has 0 spiro atoms. The Morgan fingerprint density at radius 2 is 1.87 bits per heavy atom. The molecule has 6 heteroatoms. The quantitative estimate of drug-likeness (QED) is 0.762. The van der Waals surface area contributed by atoms with E-state index < -0.39 is 5.69 Å². The number of hydrogen-bond acceptors (Lipinski definition) is 4. The summed E-state index contributed by atoms with van der Waals surface area (Å²) >= 11 is 5.58. The summed E-state index contributed by atoms with van der Waals surface area (Å²) in [7, 11) is 0. The topological polar surface area (TPSA) is 54.9 Å². The molecular formula is C9H6N2O2S2. The summed E-state index contributed by atoms with van der Waals surface area (Å²) < 4.78 is 1.25. The molecule has 0 aliphatic carbocycles. The lowest BCUT2D eigenvalue weighted by Crippen LogP contribution is -2.31. The summed E-state index contributed by atoms with van der Waals surface area (Å²) in [6.07, 6.45) is 0. The van der Waals surface area contributed by atoms with E-state index in [1.807, 2.05) is 6.07 Å². The van der Waals surface area contributed by atoms with E-state index in [0.29, 0.717) is 5.69 Å². The molecule has 1 N–H and O–H groups in total. The van der Waals surface area contributed by atoms with Crippen molar-refractivity contribution in [3.63, 3.8) is 0 Å². The van der Waals surface area contributed by atoms with Crippen LogP contribution in [-0.2, 0) is 0 Å². The molecule has 76 valence electrons. The lowest BCUT2D eigenvalue weighted by molar-refractivity contribution is 0.906. The summed E-state index contributed by atoms with van der Waals surface area (Å²) in [5.41, 5.74) is 0.0324. The Morgan fingerprint density at radius 3 is 2.47 bits per heavy atom. The summed E-state index contributed by atoms with van der Waals surface area (Å²) in [4.78, 5) is 25.1. The van der Waals surface area contributed by atoms with Crippen molar-refractivity contribution in [1.82, 2.24) is 9.55 Å². The third-order valence-corrected chi connectivity index (χ3v) is 2.79. The SMILES string of the molecule is O=c1[nH]c(=S)sc(=O)n1-c1ccccc1. The number of para-hydroxylation sites is 1. The summed E-state index contributed by atoms with van der Waals surface area (Å²) in [6.45, 7) is 0. The highest BCUT2D eigenvalue weighted by molar-refractivity contribution is 7.73. The van der Waals surface area contributed by atoms with E-state index in [-0.39, 0.29) is 8.83 Å². The first-order valence-electron chi connectivity index (χ1n) is 4.10. The predicted octanol–water partition coefficient (Wildman–Crippen LogP) is 1.32. The second kappa shape index (κ2) is 3.92. The zero-order valence-corrected chi connectivity index (χ0v) is 9.10. The van der Waals surface area contributed by atoms with Gasteiger partial charge in [-0.05, 0) is 35.7 Å². The zero-order valence-electron chi connectivity index (χ0n) is 7.47. The van der Waals surface area contributed by atoms with Crippen molar-refractivity contribution in [1.29, 1.82) is 0 Å². The van der Waals surface area contributed by atoms with Crippen LogP contribution in [0.15, 0.2) is 39.9 Å². The molecule has 0 bridgehead atoms. The van der Waals surface area contributed by atoms with E-state index in [1.165, 1.54) is 0 Å². The molecule has 1 aromatic carbocycles. The Kier molecular flexibility index (Phi) is 2.61. The average Bonchev–Trinajstić information content (AvgIpc) is 2.17. The lowest BCUT2D eigenvalue weighted by Gasteiger charge is -2.01. The van der Waals surface area contributed by atoms with Crippen molar-refractivity contribution in [3.05, 3.63) is 54.4 Å². The number of nitrogens with one attached hydrogen (secondary N) is 1. The molecule has 4 nitrogen and oxygen atoms in total. The highest BCUT2D eigenvalue weighted by Gasteiger charge is 2.03. The van der Waals surface area contributed by atoms with Gasteiger partial charge in [-0.1, -0.05) is 18.2 Å². The van der Waals surface area contributed by atoms with Crippen molar-refractivity contribution in [2.24, 2.45) is 0 Å². The first-order chi connectivity index (χ1) is 7.18. The minimum atomic E-state index is -0.505. The van der Waals surface area contributed by atoms with Gasteiger partial charge in [0.05, 0.1) is 5.69 Å². The molecule has 0 fully saturated rings. The second-order valence-corrected chi connectivity index (χ2v) is 4.38. The van der Waals surface area contributed by atoms with Gasteiger partial charge in [0.25, 0.3) is 0 Å². The molecule has 0 saturated carbocycles. The number of hydrogen-bond donors (Lipinski definition) is 1. The second-order valence-electron chi connectivity index (χ2n) is 2.76. The number of aromatic nitrogens is 2. The van der Waals surface area contributed by atoms with E-state index in [4.69, 9.17) is 12.2 Å². The molecule has 0 aliphatic heterocycles. The Labute approximate surface area is 93.5 Å². The lowest BCUT2D eigenvalue weighted by atomic mass is 10.3. The maximum atomic E-state index is 11.6. The standard InChI is InChI=1S/C9H6N2O2S2/c12-7-10-8(14)15-9(13)11(7)6-4-2-1-3-5-6/h1-5H,(H,10,12,14). The molecule has 0 radical (unpaired) electrons. The molecule has 2 aromatic rings. The first kappa shape index (κ1) is 10.0. The van der Waals surface area contributed by atoms with Gasteiger partial charge < -0.3 is 0 Å². The van der Waals surface area contributed by atoms with Crippen molar-refractivity contribution in [2.75, 3.05) is 0 Å². The normalized spacial score (nSPS) is 10.1. The third kappa shape index (κ3) is 1.95. The fraction of sp³-hybridized carbons (Fsp3) is 0. The predicted molar refractivity (Wildman–Crippen MR) is 61.4 cm³/mol. The van der Waals surface area contributed by atoms with Gasteiger partial charge in [-0.25, -0.2) is 9.36 Å². The van der Waals surface area contributed by atoms with Gasteiger partial charge >= 0.3 is 10.6 Å². The first-order valence-corrected chi connectivity index (χ1v) is 5.33. The van der Waals surface area contributed by atoms with Crippen LogP contribution in [0.2, 0.25) is 0 Å². The van der Waals surface area contributed by atoms with Crippen LogP contribution in [0.5, 0.6) is 0 Å². The smallest absolute Gasteiger partial charge is 0.289 e. The summed E-state index contributed by atoms with van der Waals surface area (Å²) in [5, 5.41) is 0. The minimum Gasteiger partial charge on any atom is -0.289 e. The van der Waals surface area contributed by atoms with E-state index in [1.54, 1.807) is 24.3 Å². The van der Waals surface area contributed by atoms with Gasteiger partial charge in [0.1, 0.15) is 0 Å². The Hall–Kier alpha value is -1.53. The van der Waals surface area contributed by atoms with E-state index in [2.05, 4.69) is 4.98 Å². The van der Waals surface area contributed by atoms with Gasteiger partial charge in [-0.2, -0.15) is 0 Å². The van der Waals surface area contributed by atoms with Gasteiger partial charge in [-0.3, -0.25) is 9.78 Å². The van der Waals surface area contributed by atoms with Crippen LogP contribution in [0.25, 0.3) is 5.69 Å². The van der Waals surface area contributed by atoms with Crippen molar-refractivity contribution in [3.8, 4) is 5.69 Å². The number of rotatable bonds is 1. The van der Waals surface area contributed by atoms with Crippen LogP contribution in [0.1, 0.15) is 0 Å². The molecule has 1 heterocycles. The monoisotopic (exact) mass is 238 g/mol. The molecule has 0 saturated heterocycles. The molecule has 2 rings (SSSR count). The third-order valence-electron chi connectivity index (χ3n) is 1.79. The maximum Gasteiger partial charge on any atom is 0.335 e. The highest BCUT2D eigenvalue weighted by Crippen LogP contribution is 2.00. The summed E-state index contributed by atoms with van der Waals surface area (Å²) in [6, 6.07) is 8.70. The highest BCUT2D eigenvalue weighted by atomic mass is 32.1. The Bertz CT molecular complexity index is 605. The van der Waals surface area contributed by atoms with Crippen LogP contribution in [0.4, 0.5) is 0 Å². The average molecular weight is 238 g/mol. The van der Waals surface area contributed by atoms with Crippen LogP contribution in [0.3, 0.4) is 0 Å². The Morgan fingerprint density at radius 1 is 1.20 bits per heavy atom. The molecular weight excluding hydrogens is 232 g/mol. The van der Waals surface area contributed by atoms with Crippen LogP contribution >= 0.6 is 23.6 Å². The largest absolute Gasteiger partial charge is 0.335 e. The van der Waals surface area contributed by atoms with Crippen LogP contribution in [-0.4, -0.2) is 9.55 Å². The van der Waals surface area contributed by atoms with E-state index >= 15 is 0 Å². The van der Waals surface area contributed by atoms with Crippen molar-refractivity contribution in [2.45, 2.75) is 0 Å². The molecule has 0 amide bonds. The van der Waals surface area contributed by atoms with Gasteiger partial charge in [0.2, 0.25) is 0 Å². The molecule has 0 unspecified atom stereocenters. The Balaban J connectivity index is 2.81. The fourth-order valence-electron chi connectivity index (χ4n) is 1.18. The van der Waals surface area contributed by atoms with Gasteiger partial charge in [0.15, 0.2) is 3.95 Å². The molecule has 0 atom stereocenters. The van der Waals surface area contributed by atoms with Gasteiger partial charge in [-0.15, -0.1) is 0 Å². The number of aromatic amines is 1. The van der Waals surface area contributed by atoms with Crippen LogP contribution < -0.4 is 10.6 Å². The fourth-order valence-corrected chi connectivity index (χ4v) is 2.05. The van der Waals surface area contributed by atoms with Crippen molar-refractivity contribution >= 4 is 23.6 Å². The minimum absolute atomic E-state index is 0.192. The van der Waals surface area contributed by atoms with E-state index in [0.717, 1.165) is 15.9 Å². The van der Waals surface area contributed by atoms with E-state index in [9.17, 15) is 9.59 Å². The number of benzene rings is 1. The maximum absolute atomic E-state index is 11.6. The van der Waals surface area contributed by atoms with Crippen molar-refractivity contribution < 1.29 is 0 Å². The number of nitrogens with zero attached hydrogens (tertiary/aromatic N) is 1. The molecule has 1 aromatic heterocycles.